The Balaban J connectivity index is 0.939. The maximum Gasteiger partial charge on any atom is 0.472 e. The van der Waals surface area contributed by atoms with Crippen LogP contribution < -0.4 is 17.2 Å². The Morgan fingerprint density at radius 3 is 1.33 bits per heavy atom. The van der Waals surface area contributed by atoms with Gasteiger partial charge >= 0.3 is 15.6 Å². The van der Waals surface area contributed by atoms with E-state index in [9.17, 15) is 29.1 Å². The molecule has 14 atom stereocenters. The molecule has 356 valence electrons. The standard InChI is InChI=1S/C33H43N15O16P2/c1-55-20-14(61-31(19(20)50)46-10-43-16-25(34)37-7-40-28(16)46)5-58-65(51,52)64-24-22(57-3)15(62-33(24)48-12-45-18-27(36)39-9-42-30(18)48)6-59-66(53,54)63-23-21(56-2)13(4-49)60-32(23)47-11-44-17-26(35)38-8-41-29(17)47/h7-15,19-24,31-33,49-50H,4-6H2,1-3H3,(H,51,52)(H,53,54)(H2,34,37,40)(H2,35,38,41)(H2,36,39,42)/t13-,14-,15-,19-,20-,21-,22-,23-,24-,31-,32-,33-/m1/s1. The first kappa shape index (κ1) is 46.1. The number of anilines is 3. The van der Waals surface area contributed by atoms with Gasteiger partial charge in [-0.25, -0.2) is 54.0 Å². The van der Waals surface area contributed by atoms with Crippen molar-refractivity contribution in [1.82, 2.24) is 58.6 Å². The molecule has 0 saturated carbocycles. The summed E-state index contributed by atoms with van der Waals surface area (Å²) in [6.45, 7) is -1.99. The lowest BCUT2D eigenvalue weighted by Gasteiger charge is -2.27. The van der Waals surface area contributed by atoms with Crippen LogP contribution in [0.15, 0.2) is 38.0 Å². The average molecular weight is 968 g/mol. The number of fused-ring (bicyclic) bond motifs is 3. The summed E-state index contributed by atoms with van der Waals surface area (Å²) in [4.78, 5) is 59.6. The second-order valence-corrected chi connectivity index (χ2v) is 17.7. The minimum absolute atomic E-state index is 0.00267. The first-order valence-electron chi connectivity index (χ1n) is 19.6. The second-order valence-electron chi connectivity index (χ2n) is 14.9. The number of phosphoric ester groups is 2. The van der Waals surface area contributed by atoms with Gasteiger partial charge < -0.3 is 65.6 Å². The van der Waals surface area contributed by atoms with E-state index in [2.05, 4.69) is 44.9 Å². The molecule has 9 rings (SSSR count). The van der Waals surface area contributed by atoms with E-state index in [1.807, 2.05) is 0 Å². The van der Waals surface area contributed by atoms with Gasteiger partial charge in [0.25, 0.3) is 0 Å². The third kappa shape index (κ3) is 8.35. The molecule has 66 heavy (non-hydrogen) atoms. The van der Waals surface area contributed by atoms with Crippen LogP contribution in [0.5, 0.6) is 0 Å². The van der Waals surface area contributed by atoms with Crippen molar-refractivity contribution in [3.05, 3.63) is 38.0 Å². The van der Waals surface area contributed by atoms with Crippen LogP contribution in [0, 0.1) is 0 Å². The minimum atomic E-state index is -5.17. The predicted octanol–water partition coefficient (Wildman–Crippen LogP) is -1.65. The summed E-state index contributed by atoms with van der Waals surface area (Å²) in [5.41, 5.74) is 19.1. The summed E-state index contributed by atoms with van der Waals surface area (Å²) < 4.78 is 89.3. The molecule has 33 heteroatoms. The highest BCUT2D eigenvalue weighted by molar-refractivity contribution is 7.47. The monoisotopic (exact) mass is 967 g/mol. The van der Waals surface area contributed by atoms with Gasteiger partial charge in [-0.3, -0.25) is 31.8 Å². The fraction of sp³-hybridized carbons (Fsp3) is 0.545. The number of hydrogen-bond donors (Lipinski definition) is 7. The summed E-state index contributed by atoms with van der Waals surface area (Å²) in [6, 6.07) is 0. The lowest BCUT2D eigenvalue weighted by molar-refractivity contribution is -0.0659. The molecule has 31 nitrogen and oxygen atoms in total. The molecule has 3 fully saturated rings. The lowest BCUT2D eigenvalue weighted by Crippen LogP contribution is -2.38. The van der Waals surface area contributed by atoms with E-state index in [4.69, 9.17) is 63.7 Å². The van der Waals surface area contributed by atoms with Crippen LogP contribution in [0.1, 0.15) is 18.7 Å². The fourth-order valence-electron chi connectivity index (χ4n) is 8.19. The Bertz CT molecular complexity index is 2800. The third-order valence-corrected chi connectivity index (χ3v) is 13.1. The highest BCUT2D eigenvalue weighted by Gasteiger charge is 2.54. The van der Waals surface area contributed by atoms with E-state index < -0.39 is 109 Å². The molecule has 0 spiro atoms. The summed E-state index contributed by atoms with van der Waals surface area (Å²) in [5.74, 6) is 0.152. The maximum absolute atomic E-state index is 13.9. The van der Waals surface area contributed by atoms with Crippen LogP contribution in [0.2, 0.25) is 0 Å². The van der Waals surface area contributed by atoms with Gasteiger partial charge in [-0.1, -0.05) is 0 Å². The number of nitrogen functional groups attached to an aromatic ring is 3. The first-order valence-corrected chi connectivity index (χ1v) is 22.6. The Morgan fingerprint density at radius 1 is 0.561 bits per heavy atom. The number of methoxy groups -OCH3 is 3. The molecule has 3 aliphatic heterocycles. The van der Waals surface area contributed by atoms with Crippen LogP contribution in [-0.2, 0) is 55.6 Å². The zero-order chi connectivity index (χ0) is 46.7. The molecule has 0 radical (unpaired) electrons. The zero-order valence-corrected chi connectivity index (χ0v) is 36.5. The normalized spacial score (nSPS) is 31.0. The van der Waals surface area contributed by atoms with Crippen molar-refractivity contribution in [2.45, 2.75) is 73.6 Å². The van der Waals surface area contributed by atoms with Crippen LogP contribution >= 0.6 is 15.6 Å². The zero-order valence-electron chi connectivity index (χ0n) is 34.7. The minimum Gasteiger partial charge on any atom is -0.394 e. The smallest absolute Gasteiger partial charge is 0.394 e. The Hall–Kier alpha value is -5.05. The van der Waals surface area contributed by atoms with Crippen molar-refractivity contribution in [3.8, 4) is 0 Å². The highest BCUT2D eigenvalue weighted by Crippen LogP contribution is 2.53. The number of phosphoric acid groups is 2. The van der Waals surface area contributed by atoms with Gasteiger partial charge in [-0.2, -0.15) is 0 Å². The topological polar surface area (TPSA) is 416 Å². The van der Waals surface area contributed by atoms with E-state index in [0.29, 0.717) is 0 Å². The number of aromatic nitrogens is 12. The Morgan fingerprint density at radius 2 is 0.924 bits per heavy atom. The number of nitrogens with zero attached hydrogens (tertiary/aromatic N) is 12. The number of nitrogens with two attached hydrogens (primary N) is 3. The third-order valence-electron chi connectivity index (χ3n) is 11.2. The molecular weight excluding hydrogens is 924 g/mol. The molecule has 0 aliphatic carbocycles. The maximum atomic E-state index is 13.9. The number of aliphatic hydroxyl groups is 2. The predicted molar refractivity (Wildman–Crippen MR) is 218 cm³/mol. The van der Waals surface area contributed by atoms with Crippen molar-refractivity contribution in [2.75, 3.05) is 58.4 Å². The van der Waals surface area contributed by atoms with E-state index >= 15 is 0 Å². The average Bonchev–Trinajstić information content (AvgIpc) is 4.15. The number of ether oxygens (including phenoxy) is 6. The van der Waals surface area contributed by atoms with Crippen LogP contribution in [0.3, 0.4) is 0 Å². The first-order chi connectivity index (χ1) is 31.7. The molecule has 3 aliphatic rings. The molecule has 0 aromatic carbocycles. The molecule has 3 saturated heterocycles. The Labute approximate surface area is 370 Å². The summed E-state index contributed by atoms with van der Waals surface area (Å²) in [7, 11) is -6.51. The summed E-state index contributed by atoms with van der Waals surface area (Å²) >= 11 is 0. The second kappa shape index (κ2) is 18.2. The van der Waals surface area contributed by atoms with Gasteiger partial charge in [-0.15, -0.1) is 0 Å². The van der Waals surface area contributed by atoms with Gasteiger partial charge in [0, 0.05) is 21.3 Å². The fourth-order valence-corrected chi connectivity index (χ4v) is 10.0. The van der Waals surface area contributed by atoms with Crippen molar-refractivity contribution in [1.29, 1.82) is 0 Å². The molecule has 10 N–H and O–H groups in total. The number of rotatable bonds is 17. The van der Waals surface area contributed by atoms with Crippen molar-refractivity contribution < 1.29 is 75.6 Å². The lowest BCUT2D eigenvalue weighted by atomic mass is 10.1. The van der Waals surface area contributed by atoms with Crippen molar-refractivity contribution in [3.63, 3.8) is 0 Å². The quantitative estimate of drug-likeness (QED) is 0.0503. The van der Waals surface area contributed by atoms with Crippen molar-refractivity contribution >= 4 is 66.6 Å². The molecule has 0 bridgehead atoms. The van der Waals surface area contributed by atoms with Gasteiger partial charge in [0.2, 0.25) is 0 Å². The van der Waals surface area contributed by atoms with Crippen LogP contribution in [-0.4, -0.2) is 175 Å². The number of hydrogen-bond acceptors (Lipinski definition) is 26. The molecule has 6 aromatic rings. The molecule has 0 amide bonds. The van der Waals surface area contributed by atoms with E-state index in [0.717, 1.165) is 6.33 Å². The summed E-state index contributed by atoms with van der Waals surface area (Å²) in [6.07, 6.45) is -7.83. The van der Waals surface area contributed by atoms with E-state index in [1.165, 1.54) is 66.7 Å². The van der Waals surface area contributed by atoms with Gasteiger partial charge in [0.05, 0.1) is 38.8 Å². The molecule has 6 aromatic heterocycles. The molecule has 9 heterocycles. The van der Waals surface area contributed by atoms with Crippen molar-refractivity contribution in [2.24, 2.45) is 0 Å². The van der Waals surface area contributed by atoms with Crippen LogP contribution in [0.4, 0.5) is 17.5 Å². The van der Waals surface area contributed by atoms with E-state index in [-0.39, 0.29) is 50.9 Å². The number of aliphatic hydroxyl groups excluding tert-OH is 2. The SMILES string of the molecule is CO[C@H]1[C@@H](O)[C@H](n2cnc3c(N)ncnc32)O[C@@H]1COP(=O)(O)O[C@@H]1[C@H](OC)[C@@H](COP(=O)(O)O[C@@H]2[C@H](OC)[C@@H](CO)O[C@H]2n2cnc3c(N)ncnc32)O[C@H]1n1cnc2c(N)ncnc21. The molecule has 2 unspecified atom stereocenters. The van der Waals surface area contributed by atoms with Gasteiger partial charge in [-0.05, 0) is 0 Å². The highest BCUT2D eigenvalue weighted by atomic mass is 31.2. The summed E-state index contributed by atoms with van der Waals surface area (Å²) in [5, 5.41) is 21.3. The molecular formula is C33H43N15O16P2. The largest absolute Gasteiger partial charge is 0.472 e. The Kier molecular flexibility index (Phi) is 12.7. The van der Waals surface area contributed by atoms with E-state index in [1.54, 1.807) is 0 Å². The van der Waals surface area contributed by atoms with Crippen LogP contribution in [0.25, 0.3) is 33.5 Å². The van der Waals surface area contributed by atoms with Gasteiger partial charge in [0.1, 0.15) is 90.5 Å². The number of imidazole rings is 3. The van der Waals surface area contributed by atoms with Gasteiger partial charge in [0.15, 0.2) is 53.1 Å².